The van der Waals surface area contributed by atoms with Crippen LogP contribution in [0.4, 0.5) is 0 Å². The van der Waals surface area contributed by atoms with Gasteiger partial charge in [0, 0.05) is 19.3 Å². The number of carbonyl (C=O) groups excluding carboxylic acids is 1. The van der Waals surface area contributed by atoms with E-state index in [0.29, 0.717) is 25.1 Å². The predicted molar refractivity (Wildman–Crippen MR) is 83.2 cm³/mol. The van der Waals surface area contributed by atoms with Crippen LogP contribution in [0.1, 0.15) is 23.3 Å². The van der Waals surface area contributed by atoms with Crippen molar-refractivity contribution in [2.24, 2.45) is 5.92 Å². The molecule has 0 unspecified atom stereocenters. The van der Waals surface area contributed by atoms with E-state index >= 15 is 0 Å². The molecule has 0 radical (unpaired) electrons. The van der Waals surface area contributed by atoms with Gasteiger partial charge < -0.3 is 10.0 Å². The summed E-state index contributed by atoms with van der Waals surface area (Å²) >= 11 is 1.48. The van der Waals surface area contributed by atoms with Crippen molar-refractivity contribution in [3.63, 3.8) is 0 Å². The zero-order valence-electron chi connectivity index (χ0n) is 12.2. The highest BCUT2D eigenvalue weighted by Gasteiger charge is 2.30. The SMILES string of the molecule is CSc1nc(C(=O)N2CCC[C@H](C(=O)O)C2)c2ccccn12. The van der Waals surface area contributed by atoms with E-state index in [0.717, 1.165) is 10.7 Å². The Morgan fingerprint density at radius 3 is 2.95 bits per heavy atom. The molecule has 7 heteroatoms. The van der Waals surface area contributed by atoms with Crippen molar-refractivity contribution in [1.82, 2.24) is 14.3 Å². The summed E-state index contributed by atoms with van der Waals surface area (Å²) in [4.78, 5) is 30.0. The van der Waals surface area contributed by atoms with E-state index in [2.05, 4.69) is 4.98 Å². The van der Waals surface area contributed by atoms with E-state index in [1.807, 2.05) is 35.1 Å². The van der Waals surface area contributed by atoms with Crippen LogP contribution in [0.2, 0.25) is 0 Å². The third-order valence-corrected chi connectivity index (χ3v) is 4.61. The minimum Gasteiger partial charge on any atom is -0.481 e. The number of pyridine rings is 1. The molecular formula is C15H17N3O3S. The number of thioether (sulfide) groups is 1. The molecule has 2 aromatic rings. The second kappa shape index (κ2) is 6.00. The van der Waals surface area contributed by atoms with Crippen LogP contribution in [0.5, 0.6) is 0 Å². The summed E-state index contributed by atoms with van der Waals surface area (Å²) in [5.41, 5.74) is 1.16. The van der Waals surface area contributed by atoms with E-state index in [1.54, 1.807) is 4.90 Å². The van der Waals surface area contributed by atoms with Gasteiger partial charge in [-0.15, -0.1) is 0 Å². The number of fused-ring (bicyclic) bond motifs is 1. The second-order valence-corrected chi connectivity index (χ2v) is 6.10. The minimum atomic E-state index is -0.836. The van der Waals surface area contributed by atoms with E-state index < -0.39 is 11.9 Å². The van der Waals surface area contributed by atoms with Gasteiger partial charge in [-0.2, -0.15) is 0 Å². The number of carboxylic acid groups (broad SMARTS) is 1. The Kier molecular flexibility index (Phi) is 4.06. The number of carboxylic acids is 1. The molecule has 0 aromatic carbocycles. The zero-order valence-corrected chi connectivity index (χ0v) is 13.0. The molecule has 1 amide bonds. The van der Waals surface area contributed by atoms with Crippen LogP contribution in [-0.2, 0) is 4.79 Å². The monoisotopic (exact) mass is 319 g/mol. The van der Waals surface area contributed by atoms with Crippen LogP contribution in [0.25, 0.3) is 5.52 Å². The Morgan fingerprint density at radius 2 is 2.23 bits per heavy atom. The van der Waals surface area contributed by atoms with Gasteiger partial charge in [-0.25, -0.2) is 4.98 Å². The molecule has 1 aliphatic heterocycles. The smallest absolute Gasteiger partial charge is 0.308 e. The first-order valence-electron chi connectivity index (χ1n) is 7.15. The third-order valence-electron chi connectivity index (χ3n) is 3.96. The fourth-order valence-corrected chi connectivity index (χ4v) is 3.36. The number of likely N-dealkylation sites (tertiary alicyclic amines) is 1. The van der Waals surface area contributed by atoms with Crippen molar-refractivity contribution >= 4 is 29.2 Å². The number of nitrogens with zero attached hydrogens (tertiary/aromatic N) is 3. The summed E-state index contributed by atoms with van der Waals surface area (Å²) < 4.78 is 1.89. The average molecular weight is 319 g/mol. The van der Waals surface area contributed by atoms with E-state index in [4.69, 9.17) is 5.11 Å². The molecule has 0 aliphatic carbocycles. The van der Waals surface area contributed by atoms with Gasteiger partial charge in [0.25, 0.3) is 5.91 Å². The highest BCUT2D eigenvalue weighted by Crippen LogP contribution is 2.23. The maximum atomic E-state index is 12.8. The third kappa shape index (κ3) is 2.56. The molecule has 2 aromatic heterocycles. The van der Waals surface area contributed by atoms with Crippen LogP contribution in [-0.4, -0.2) is 50.6 Å². The number of amides is 1. The first-order chi connectivity index (χ1) is 10.6. The first-order valence-corrected chi connectivity index (χ1v) is 8.37. The van der Waals surface area contributed by atoms with E-state index in [1.165, 1.54) is 11.8 Å². The van der Waals surface area contributed by atoms with Gasteiger partial charge in [-0.05, 0) is 31.2 Å². The van der Waals surface area contributed by atoms with Gasteiger partial charge in [0.2, 0.25) is 0 Å². The number of aliphatic carboxylic acids is 1. The number of hydrogen-bond donors (Lipinski definition) is 1. The lowest BCUT2D eigenvalue weighted by Gasteiger charge is -2.30. The maximum Gasteiger partial charge on any atom is 0.308 e. The summed E-state index contributed by atoms with van der Waals surface area (Å²) in [6, 6.07) is 5.62. The zero-order chi connectivity index (χ0) is 15.7. The normalized spacial score (nSPS) is 18.6. The quantitative estimate of drug-likeness (QED) is 0.876. The molecule has 0 saturated carbocycles. The Morgan fingerprint density at radius 1 is 1.41 bits per heavy atom. The van der Waals surface area contributed by atoms with Gasteiger partial charge in [0.1, 0.15) is 0 Å². The van der Waals surface area contributed by atoms with E-state index in [9.17, 15) is 9.59 Å². The molecule has 3 rings (SSSR count). The summed E-state index contributed by atoms with van der Waals surface area (Å²) in [5, 5.41) is 9.92. The number of carbonyl (C=O) groups is 2. The van der Waals surface area contributed by atoms with Gasteiger partial charge in [-0.1, -0.05) is 17.8 Å². The lowest BCUT2D eigenvalue weighted by atomic mass is 9.98. The highest BCUT2D eigenvalue weighted by molar-refractivity contribution is 7.98. The standard InChI is InChI=1S/C15H17N3O3S/c1-22-15-16-12(11-6-2-3-8-18(11)15)13(19)17-7-4-5-10(9-17)14(20)21/h2-3,6,8,10H,4-5,7,9H2,1H3,(H,20,21)/t10-/m0/s1. The number of imidazole rings is 1. The summed E-state index contributed by atoms with van der Waals surface area (Å²) in [7, 11) is 0. The Labute approximate surface area is 132 Å². The van der Waals surface area contributed by atoms with Crippen molar-refractivity contribution in [2.75, 3.05) is 19.3 Å². The van der Waals surface area contributed by atoms with Gasteiger partial charge in [-0.3, -0.25) is 14.0 Å². The Bertz CT molecular complexity index is 728. The topological polar surface area (TPSA) is 74.9 Å². The largest absolute Gasteiger partial charge is 0.481 e. The molecule has 0 bridgehead atoms. The molecule has 0 spiro atoms. The van der Waals surface area contributed by atoms with Crippen LogP contribution >= 0.6 is 11.8 Å². The molecular weight excluding hydrogens is 302 g/mol. The predicted octanol–water partition coefficient (Wildman–Crippen LogP) is 1.99. The fourth-order valence-electron chi connectivity index (χ4n) is 2.82. The number of rotatable bonds is 3. The highest BCUT2D eigenvalue weighted by atomic mass is 32.2. The molecule has 1 saturated heterocycles. The summed E-state index contributed by atoms with van der Waals surface area (Å²) in [6.07, 6.45) is 5.13. The summed E-state index contributed by atoms with van der Waals surface area (Å²) in [6.45, 7) is 0.845. The maximum absolute atomic E-state index is 12.8. The van der Waals surface area contributed by atoms with Gasteiger partial charge in [0.05, 0.1) is 11.4 Å². The minimum absolute atomic E-state index is 0.185. The molecule has 3 heterocycles. The second-order valence-electron chi connectivity index (χ2n) is 5.33. The van der Waals surface area contributed by atoms with Crippen LogP contribution < -0.4 is 0 Å². The van der Waals surface area contributed by atoms with Crippen molar-refractivity contribution in [3.8, 4) is 0 Å². The van der Waals surface area contributed by atoms with Crippen LogP contribution in [0.3, 0.4) is 0 Å². The Hall–Kier alpha value is -2.02. The lowest BCUT2D eigenvalue weighted by molar-refractivity contribution is -0.143. The number of aromatic nitrogens is 2. The average Bonchev–Trinajstić information content (AvgIpc) is 2.93. The first kappa shape index (κ1) is 14.9. The molecule has 1 aliphatic rings. The van der Waals surface area contributed by atoms with Crippen molar-refractivity contribution in [1.29, 1.82) is 0 Å². The van der Waals surface area contributed by atoms with Crippen molar-refractivity contribution in [3.05, 3.63) is 30.1 Å². The van der Waals surface area contributed by atoms with Crippen LogP contribution in [0.15, 0.2) is 29.6 Å². The molecule has 6 nitrogen and oxygen atoms in total. The van der Waals surface area contributed by atoms with Crippen molar-refractivity contribution in [2.45, 2.75) is 18.0 Å². The van der Waals surface area contributed by atoms with Gasteiger partial charge in [0.15, 0.2) is 10.9 Å². The molecule has 1 N–H and O–H groups in total. The molecule has 1 atom stereocenters. The van der Waals surface area contributed by atoms with Crippen LogP contribution in [0, 0.1) is 5.92 Å². The number of piperidine rings is 1. The van der Waals surface area contributed by atoms with Crippen molar-refractivity contribution < 1.29 is 14.7 Å². The molecule has 1 fully saturated rings. The summed E-state index contributed by atoms with van der Waals surface area (Å²) in [5.74, 6) is -1.50. The lowest BCUT2D eigenvalue weighted by Crippen LogP contribution is -2.42. The fraction of sp³-hybridized carbons (Fsp3) is 0.400. The number of hydrogen-bond acceptors (Lipinski definition) is 4. The van der Waals surface area contributed by atoms with Gasteiger partial charge >= 0.3 is 5.97 Å². The molecule has 22 heavy (non-hydrogen) atoms. The molecule has 116 valence electrons. The van der Waals surface area contributed by atoms with E-state index in [-0.39, 0.29) is 12.5 Å². The Balaban J connectivity index is 1.94.